The Bertz CT molecular complexity index is 803. The summed E-state index contributed by atoms with van der Waals surface area (Å²) < 4.78 is 11.6. The molecule has 0 radical (unpaired) electrons. The molecular weight excluding hydrogens is 354 g/mol. The van der Waals surface area contributed by atoms with Crippen LogP contribution in [0.2, 0.25) is 0 Å². The lowest BCUT2D eigenvalue weighted by Gasteiger charge is -2.38. The van der Waals surface area contributed by atoms with Gasteiger partial charge in [0.1, 0.15) is 12.2 Å². The minimum Gasteiger partial charge on any atom is -0.371 e. The minimum absolute atomic E-state index is 0.105. The van der Waals surface area contributed by atoms with E-state index < -0.39 is 11.2 Å². The van der Waals surface area contributed by atoms with Crippen LogP contribution in [0.4, 0.5) is 5.95 Å². The van der Waals surface area contributed by atoms with Crippen LogP contribution in [0.3, 0.4) is 0 Å². The third kappa shape index (κ3) is 2.99. The average Bonchev–Trinajstić information content (AvgIpc) is 3.37. The molecule has 3 aliphatic heterocycles. The molecule has 0 amide bonds. The molecule has 0 spiro atoms. The standard InChI is InChI=1S/C17H21N5O5/c23-22(24)27-14-10-26-15-13(9-25-16(14)15)20-5-7-21(8-6-20)17-18-11-3-1-2-4-12(11)19-17/h1-4,13-16H,5-10H2,(H,18,19)/t13-,14-,15+,16+/m0/s1. The summed E-state index contributed by atoms with van der Waals surface area (Å²) in [5, 5.41) is 9.85. The van der Waals surface area contributed by atoms with Crippen LogP contribution >= 0.6 is 0 Å². The largest absolute Gasteiger partial charge is 0.371 e. The van der Waals surface area contributed by atoms with Crippen LogP contribution in [-0.4, -0.2) is 83.7 Å². The molecule has 3 fully saturated rings. The Labute approximate surface area is 155 Å². The van der Waals surface area contributed by atoms with E-state index >= 15 is 0 Å². The monoisotopic (exact) mass is 375 g/mol. The van der Waals surface area contributed by atoms with Gasteiger partial charge in [-0.1, -0.05) is 12.1 Å². The third-order valence-electron chi connectivity index (χ3n) is 5.66. The van der Waals surface area contributed by atoms with Gasteiger partial charge in [-0.05, 0) is 12.1 Å². The fourth-order valence-corrected chi connectivity index (χ4v) is 4.31. The first kappa shape index (κ1) is 16.7. The van der Waals surface area contributed by atoms with E-state index in [1.165, 1.54) is 0 Å². The second kappa shape index (κ2) is 6.63. The van der Waals surface area contributed by atoms with E-state index in [9.17, 15) is 10.1 Å². The van der Waals surface area contributed by atoms with E-state index in [1.54, 1.807) is 0 Å². The number of anilines is 1. The van der Waals surface area contributed by atoms with Gasteiger partial charge >= 0.3 is 0 Å². The molecule has 0 saturated carbocycles. The predicted octanol–water partition coefficient (Wildman–Crippen LogP) is 0.428. The van der Waals surface area contributed by atoms with E-state index in [1.807, 2.05) is 24.3 Å². The summed E-state index contributed by atoms with van der Waals surface area (Å²) in [5.74, 6) is 0.896. The summed E-state index contributed by atoms with van der Waals surface area (Å²) >= 11 is 0. The summed E-state index contributed by atoms with van der Waals surface area (Å²) in [5.41, 5.74) is 2.01. The lowest BCUT2D eigenvalue weighted by Crippen LogP contribution is -2.54. The second-order valence-electron chi connectivity index (χ2n) is 7.13. The lowest BCUT2D eigenvalue weighted by atomic mass is 10.1. The highest BCUT2D eigenvalue weighted by Gasteiger charge is 2.51. The number of piperazine rings is 1. The Hall–Kier alpha value is -2.43. The van der Waals surface area contributed by atoms with E-state index in [0.29, 0.717) is 6.61 Å². The number of hydrogen-bond donors (Lipinski definition) is 1. The van der Waals surface area contributed by atoms with E-state index in [0.717, 1.165) is 43.2 Å². The number of para-hydroxylation sites is 2. The van der Waals surface area contributed by atoms with Gasteiger partial charge in [-0.2, -0.15) is 0 Å². The van der Waals surface area contributed by atoms with Crippen molar-refractivity contribution in [3.8, 4) is 0 Å². The van der Waals surface area contributed by atoms with Crippen molar-refractivity contribution in [3.63, 3.8) is 0 Å². The molecule has 10 heteroatoms. The maximum absolute atomic E-state index is 10.6. The smallest absolute Gasteiger partial charge is 0.294 e. The first-order valence-corrected chi connectivity index (χ1v) is 9.17. The Kier molecular flexibility index (Phi) is 4.10. The summed E-state index contributed by atoms with van der Waals surface area (Å²) in [7, 11) is 0. The van der Waals surface area contributed by atoms with Gasteiger partial charge in [-0.25, -0.2) is 4.98 Å². The molecule has 10 nitrogen and oxygen atoms in total. The molecule has 4 atom stereocenters. The SMILES string of the molecule is O=[N+]([O-])O[C@H]1CO[C@H]2[C@@H]1OC[C@@H]2N1CCN(c2nc3ccccc3[nH]2)CC1. The number of aromatic nitrogens is 2. The molecule has 2 aromatic rings. The van der Waals surface area contributed by atoms with Crippen LogP contribution in [0.1, 0.15) is 0 Å². The van der Waals surface area contributed by atoms with Crippen molar-refractivity contribution in [2.24, 2.45) is 0 Å². The Morgan fingerprint density at radius 3 is 2.70 bits per heavy atom. The van der Waals surface area contributed by atoms with Crippen molar-refractivity contribution in [2.45, 2.75) is 24.4 Å². The van der Waals surface area contributed by atoms with Crippen molar-refractivity contribution in [3.05, 3.63) is 34.4 Å². The van der Waals surface area contributed by atoms with Crippen LogP contribution in [0.25, 0.3) is 11.0 Å². The molecule has 0 unspecified atom stereocenters. The highest BCUT2D eigenvalue weighted by Crippen LogP contribution is 2.32. The summed E-state index contributed by atoms with van der Waals surface area (Å²) in [6.07, 6.45) is -1.17. The normalized spacial score (nSPS) is 31.3. The van der Waals surface area contributed by atoms with E-state index in [4.69, 9.17) is 14.3 Å². The van der Waals surface area contributed by atoms with Crippen LogP contribution in [0.15, 0.2) is 24.3 Å². The highest BCUT2D eigenvalue weighted by atomic mass is 17.0. The van der Waals surface area contributed by atoms with Gasteiger partial charge in [0.15, 0.2) is 6.10 Å². The number of benzene rings is 1. The van der Waals surface area contributed by atoms with Gasteiger partial charge in [0.2, 0.25) is 5.95 Å². The van der Waals surface area contributed by atoms with Crippen LogP contribution in [0, 0.1) is 10.1 Å². The Morgan fingerprint density at radius 1 is 1.15 bits per heavy atom. The summed E-state index contributed by atoms with van der Waals surface area (Å²) in [6, 6.07) is 8.12. The number of rotatable bonds is 4. The zero-order valence-corrected chi connectivity index (χ0v) is 14.7. The third-order valence-corrected chi connectivity index (χ3v) is 5.66. The number of hydrogen-bond acceptors (Lipinski definition) is 8. The Morgan fingerprint density at radius 2 is 1.93 bits per heavy atom. The molecule has 1 aromatic carbocycles. The van der Waals surface area contributed by atoms with Crippen LogP contribution < -0.4 is 4.90 Å². The van der Waals surface area contributed by atoms with Crippen molar-refractivity contribution in [1.82, 2.24) is 14.9 Å². The Balaban J connectivity index is 1.22. The van der Waals surface area contributed by atoms with Gasteiger partial charge in [0.05, 0.1) is 30.3 Å². The molecule has 0 bridgehead atoms. The molecule has 3 aliphatic rings. The van der Waals surface area contributed by atoms with Gasteiger partial charge < -0.3 is 24.2 Å². The fourth-order valence-electron chi connectivity index (χ4n) is 4.31. The number of imidazole rings is 1. The molecule has 3 saturated heterocycles. The number of ether oxygens (including phenoxy) is 2. The van der Waals surface area contributed by atoms with Crippen molar-refractivity contribution in [2.75, 3.05) is 44.3 Å². The first-order valence-electron chi connectivity index (χ1n) is 9.17. The number of nitrogens with one attached hydrogen (secondary N) is 1. The molecular formula is C17H21N5O5. The second-order valence-corrected chi connectivity index (χ2v) is 7.13. The van der Waals surface area contributed by atoms with Crippen LogP contribution in [0.5, 0.6) is 0 Å². The molecule has 27 heavy (non-hydrogen) atoms. The molecule has 1 aromatic heterocycles. The topological polar surface area (TPSA) is 106 Å². The van der Waals surface area contributed by atoms with Gasteiger partial charge in [-0.15, -0.1) is 10.1 Å². The van der Waals surface area contributed by atoms with Gasteiger partial charge in [-0.3, -0.25) is 4.90 Å². The maximum atomic E-state index is 10.6. The van der Waals surface area contributed by atoms with Crippen molar-refractivity contribution < 1.29 is 19.4 Å². The number of aromatic amines is 1. The van der Waals surface area contributed by atoms with E-state index in [2.05, 4.69) is 19.8 Å². The molecule has 1 N–H and O–H groups in total. The molecule has 144 valence electrons. The molecule has 0 aliphatic carbocycles. The number of fused-ring (bicyclic) bond motifs is 2. The van der Waals surface area contributed by atoms with Gasteiger partial charge in [0, 0.05) is 26.2 Å². The molecule has 5 rings (SSSR count). The van der Waals surface area contributed by atoms with Gasteiger partial charge in [0.25, 0.3) is 5.09 Å². The summed E-state index contributed by atoms with van der Waals surface area (Å²) in [4.78, 5) is 27.9. The highest BCUT2D eigenvalue weighted by molar-refractivity contribution is 5.77. The first-order chi connectivity index (χ1) is 13.2. The summed E-state index contributed by atoms with van der Waals surface area (Å²) in [6.45, 7) is 4.13. The molecule has 4 heterocycles. The van der Waals surface area contributed by atoms with Crippen LogP contribution in [-0.2, 0) is 14.3 Å². The maximum Gasteiger partial charge on any atom is 0.294 e. The zero-order chi connectivity index (χ0) is 18.4. The minimum atomic E-state index is -0.765. The predicted molar refractivity (Wildman–Crippen MR) is 95.0 cm³/mol. The lowest BCUT2D eigenvalue weighted by molar-refractivity contribution is -0.769. The van der Waals surface area contributed by atoms with Crippen molar-refractivity contribution >= 4 is 17.0 Å². The zero-order valence-electron chi connectivity index (χ0n) is 14.7. The fraction of sp³-hybridized carbons (Fsp3) is 0.588. The number of nitrogens with zero attached hydrogens (tertiary/aromatic N) is 4. The van der Waals surface area contributed by atoms with E-state index in [-0.39, 0.29) is 24.9 Å². The quantitative estimate of drug-likeness (QED) is 0.606. The van der Waals surface area contributed by atoms with Crippen molar-refractivity contribution in [1.29, 1.82) is 0 Å². The number of H-pyrrole nitrogens is 1. The average molecular weight is 375 g/mol.